The van der Waals surface area contributed by atoms with Gasteiger partial charge in [-0.3, -0.25) is 4.79 Å². The highest BCUT2D eigenvalue weighted by molar-refractivity contribution is 6.33. The summed E-state index contributed by atoms with van der Waals surface area (Å²) in [6, 6.07) is 6.28. The molecule has 1 heterocycles. The highest BCUT2D eigenvalue weighted by Crippen LogP contribution is 2.32. The van der Waals surface area contributed by atoms with Gasteiger partial charge in [-0.2, -0.15) is 13.2 Å². The third kappa shape index (κ3) is 5.86. The number of nitrogens with zero attached hydrogens (tertiary/aromatic N) is 1. The summed E-state index contributed by atoms with van der Waals surface area (Å²) < 4.78 is 38.7. The first kappa shape index (κ1) is 22.4. The molecule has 3 N–H and O–H groups in total. The van der Waals surface area contributed by atoms with Crippen molar-refractivity contribution in [2.75, 3.05) is 11.9 Å². The summed E-state index contributed by atoms with van der Waals surface area (Å²) in [4.78, 5) is 16.7. The quantitative estimate of drug-likeness (QED) is 0.610. The highest BCUT2D eigenvalue weighted by Gasteiger charge is 2.32. The van der Waals surface area contributed by atoms with E-state index in [1.165, 1.54) is 0 Å². The molecule has 0 aliphatic heterocycles. The molecule has 1 aliphatic carbocycles. The van der Waals surface area contributed by atoms with Gasteiger partial charge in [0.15, 0.2) is 0 Å². The van der Waals surface area contributed by atoms with Crippen LogP contribution in [0.25, 0.3) is 0 Å². The predicted molar refractivity (Wildman–Crippen MR) is 108 cm³/mol. The van der Waals surface area contributed by atoms with Gasteiger partial charge < -0.3 is 15.7 Å². The third-order valence-corrected chi connectivity index (χ3v) is 5.63. The van der Waals surface area contributed by atoms with E-state index in [-0.39, 0.29) is 23.2 Å². The molecule has 0 saturated heterocycles. The summed E-state index contributed by atoms with van der Waals surface area (Å²) in [6.45, 7) is 0.695. The second kappa shape index (κ2) is 9.66. The number of hydrogen-bond donors (Lipinski definition) is 3. The number of hydrogen-bond acceptors (Lipinski definition) is 4. The average molecular weight is 442 g/mol. The number of alkyl halides is 3. The van der Waals surface area contributed by atoms with Gasteiger partial charge >= 0.3 is 6.18 Å². The number of anilines is 1. The van der Waals surface area contributed by atoms with Crippen LogP contribution in [0.1, 0.15) is 47.2 Å². The number of rotatable bonds is 6. The van der Waals surface area contributed by atoms with Crippen LogP contribution in [0.3, 0.4) is 0 Å². The van der Waals surface area contributed by atoms with Gasteiger partial charge in [0.1, 0.15) is 5.82 Å². The van der Waals surface area contributed by atoms with Crippen LogP contribution in [0.15, 0.2) is 36.5 Å². The first-order valence-corrected chi connectivity index (χ1v) is 10.1. The summed E-state index contributed by atoms with van der Waals surface area (Å²) in [5, 5.41) is 15.1. The first-order valence-electron chi connectivity index (χ1n) is 9.73. The zero-order chi connectivity index (χ0) is 21.7. The fourth-order valence-corrected chi connectivity index (χ4v) is 3.72. The van der Waals surface area contributed by atoms with E-state index in [1.807, 2.05) is 6.07 Å². The number of carbonyl (C=O) groups excluding carboxylic acids is 1. The number of carbonyl (C=O) groups is 1. The van der Waals surface area contributed by atoms with E-state index in [1.54, 1.807) is 12.3 Å². The molecule has 9 heteroatoms. The van der Waals surface area contributed by atoms with E-state index in [0.717, 1.165) is 61.8 Å². The second-order valence-corrected chi connectivity index (χ2v) is 7.88. The lowest BCUT2D eigenvalue weighted by atomic mass is 9.86. The van der Waals surface area contributed by atoms with Crippen molar-refractivity contribution in [3.05, 3.63) is 58.2 Å². The van der Waals surface area contributed by atoms with Gasteiger partial charge in [-0.1, -0.05) is 17.7 Å². The number of aliphatic hydroxyl groups excluding tert-OH is 1. The molecule has 1 saturated carbocycles. The standard InChI is InChI=1S/C21H23ClF3N3O2/c22-18-7-4-15(21(23,24)25)9-17(18)20(30)28-16-5-1-13(2-6-16)10-26-19-8-3-14(12-29)11-27-19/h3-4,7-9,11,13,16,29H,1-2,5-6,10,12H2,(H,26,27)(H,28,30)/t13-,16-. The topological polar surface area (TPSA) is 74.2 Å². The Morgan fingerprint density at radius 3 is 2.50 bits per heavy atom. The van der Waals surface area contributed by atoms with Gasteiger partial charge in [0, 0.05) is 18.8 Å². The van der Waals surface area contributed by atoms with Crippen molar-refractivity contribution in [3.63, 3.8) is 0 Å². The number of aliphatic hydroxyl groups is 1. The summed E-state index contributed by atoms with van der Waals surface area (Å²) in [6.07, 6.45) is 0.328. The van der Waals surface area contributed by atoms with Crippen LogP contribution in [0.5, 0.6) is 0 Å². The molecule has 1 amide bonds. The van der Waals surface area contributed by atoms with Crippen molar-refractivity contribution < 1.29 is 23.1 Å². The van der Waals surface area contributed by atoms with Crippen LogP contribution in [-0.2, 0) is 12.8 Å². The molecule has 162 valence electrons. The lowest BCUT2D eigenvalue weighted by Crippen LogP contribution is -2.38. The van der Waals surface area contributed by atoms with Gasteiger partial charge in [-0.25, -0.2) is 4.98 Å². The van der Waals surface area contributed by atoms with Crippen LogP contribution in [0, 0.1) is 5.92 Å². The minimum Gasteiger partial charge on any atom is -0.392 e. The number of benzene rings is 1. The molecule has 1 aromatic carbocycles. The molecule has 2 aromatic rings. The Labute approximate surface area is 177 Å². The molecule has 3 rings (SSSR count). The summed E-state index contributed by atoms with van der Waals surface area (Å²) in [7, 11) is 0. The van der Waals surface area contributed by atoms with Crippen molar-refractivity contribution in [2.45, 2.75) is 44.5 Å². The molecule has 0 radical (unpaired) electrons. The maximum Gasteiger partial charge on any atom is 0.416 e. The number of amides is 1. The largest absolute Gasteiger partial charge is 0.416 e. The summed E-state index contributed by atoms with van der Waals surface area (Å²) in [5.41, 5.74) is -0.308. The van der Waals surface area contributed by atoms with Crippen LogP contribution in [0.4, 0.5) is 19.0 Å². The van der Waals surface area contributed by atoms with Crippen LogP contribution >= 0.6 is 11.6 Å². The fraction of sp³-hybridized carbons (Fsp3) is 0.429. The Hall–Kier alpha value is -2.32. The monoisotopic (exact) mass is 441 g/mol. The number of aromatic nitrogens is 1. The first-order chi connectivity index (χ1) is 14.3. The smallest absolute Gasteiger partial charge is 0.392 e. The maximum absolute atomic E-state index is 12.9. The van der Waals surface area contributed by atoms with Gasteiger partial charge in [-0.05, 0) is 61.4 Å². The number of nitrogens with one attached hydrogen (secondary N) is 2. The van der Waals surface area contributed by atoms with Crippen LogP contribution in [0.2, 0.25) is 5.02 Å². The zero-order valence-corrected chi connectivity index (χ0v) is 16.9. The van der Waals surface area contributed by atoms with Gasteiger partial charge in [0.2, 0.25) is 0 Å². The van der Waals surface area contributed by atoms with Crippen LogP contribution < -0.4 is 10.6 Å². The normalized spacial score (nSPS) is 19.4. The van der Waals surface area contributed by atoms with E-state index in [0.29, 0.717) is 5.92 Å². The Kier molecular flexibility index (Phi) is 7.20. The molecular weight excluding hydrogens is 419 g/mol. The van der Waals surface area contributed by atoms with Crippen molar-refractivity contribution >= 4 is 23.3 Å². The second-order valence-electron chi connectivity index (χ2n) is 7.47. The lowest BCUT2D eigenvalue weighted by molar-refractivity contribution is -0.137. The summed E-state index contributed by atoms with van der Waals surface area (Å²) >= 11 is 5.94. The maximum atomic E-state index is 12.9. The Balaban J connectivity index is 1.49. The van der Waals surface area contributed by atoms with E-state index in [2.05, 4.69) is 15.6 Å². The van der Waals surface area contributed by atoms with E-state index < -0.39 is 17.6 Å². The van der Waals surface area contributed by atoms with Crippen molar-refractivity contribution in [3.8, 4) is 0 Å². The SMILES string of the molecule is O=C(N[C@H]1CC[C@H](CNc2ccc(CO)cn2)CC1)c1cc(C(F)(F)F)ccc1Cl. The van der Waals surface area contributed by atoms with Crippen molar-refractivity contribution in [1.82, 2.24) is 10.3 Å². The minimum absolute atomic E-state index is 0.00176. The van der Waals surface area contributed by atoms with Crippen LogP contribution in [-0.4, -0.2) is 28.6 Å². The highest BCUT2D eigenvalue weighted by atomic mass is 35.5. The Morgan fingerprint density at radius 2 is 1.90 bits per heavy atom. The molecule has 0 spiro atoms. The minimum atomic E-state index is -4.53. The fourth-order valence-electron chi connectivity index (χ4n) is 3.52. The van der Waals surface area contributed by atoms with Crippen molar-refractivity contribution in [2.24, 2.45) is 5.92 Å². The average Bonchev–Trinajstić information content (AvgIpc) is 2.73. The van der Waals surface area contributed by atoms with E-state index in [4.69, 9.17) is 16.7 Å². The molecule has 30 heavy (non-hydrogen) atoms. The lowest BCUT2D eigenvalue weighted by Gasteiger charge is -2.29. The zero-order valence-electron chi connectivity index (χ0n) is 16.2. The van der Waals surface area contributed by atoms with Crippen molar-refractivity contribution in [1.29, 1.82) is 0 Å². The van der Waals surface area contributed by atoms with E-state index >= 15 is 0 Å². The molecular formula is C21H23ClF3N3O2. The molecule has 0 unspecified atom stereocenters. The molecule has 0 bridgehead atoms. The Morgan fingerprint density at radius 1 is 1.17 bits per heavy atom. The van der Waals surface area contributed by atoms with E-state index in [9.17, 15) is 18.0 Å². The summed E-state index contributed by atoms with van der Waals surface area (Å²) in [5.74, 6) is 0.567. The third-order valence-electron chi connectivity index (χ3n) is 5.30. The number of pyridine rings is 1. The number of halogens is 4. The molecule has 1 aromatic heterocycles. The van der Waals surface area contributed by atoms with Gasteiger partial charge in [-0.15, -0.1) is 0 Å². The predicted octanol–water partition coefficient (Wildman–Crippen LogP) is 4.65. The molecule has 5 nitrogen and oxygen atoms in total. The molecule has 1 fully saturated rings. The Bertz CT molecular complexity index is 867. The molecule has 0 atom stereocenters. The van der Waals surface area contributed by atoms with Gasteiger partial charge in [0.05, 0.1) is 22.8 Å². The molecule has 1 aliphatic rings. The van der Waals surface area contributed by atoms with Gasteiger partial charge in [0.25, 0.3) is 5.91 Å².